The van der Waals surface area contributed by atoms with Crippen molar-refractivity contribution in [1.82, 2.24) is 4.90 Å². The van der Waals surface area contributed by atoms with E-state index in [1.54, 1.807) is 17.0 Å². The van der Waals surface area contributed by atoms with Crippen LogP contribution >= 0.6 is 15.9 Å². The predicted octanol–water partition coefficient (Wildman–Crippen LogP) is 3.41. The van der Waals surface area contributed by atoms with Crippen LogP contribution in [0.25, 0.3) is 0 Å². The summed E-state index contributed by atoms with van der Waals surface area (Å²) in [6, 6.07) is 4.48. The maximum Gasteiger partial charge on any atom is 0.336 e. The highest BCUT2D eigenvalue weighted by molar-refractivity contribution is 9.10. The fourth-order valence-corrected chi connectivity index (χ4v) is 2.06. The zero-order valence-electron chi connectivity index (χ0n) is 10.9. The van der Waals surface area contributed by atoms with Crippen molar-refractivity contribution < 1.29 is 14.7 Å². The molecule has 0 spiro atoms. The van der Waals surface area contributed by atoms with Gasteiger partial charge in [-0.3, -0.25) is 0 Å². The topological polar surface area (TPSA) is 69.6 Å². The van der Waals surface area contributed by atoms with Crippen LogP contribution in [0.2, 0.25) is 0 Å². The predicted molar refractivity (Wildman–Crippen MR) is 77.7 cm³/mol. The van der Waals surface area contributed by atoms with Crippen LogP contribution in [-0.4, -0.2) is 35.1 Å². The molecule has 0 heterocycles. The van der Waals surface area contributed by atoms with Gasteiger partial charge in [-0.05, 0) is 47.5 Å². The van der Waals surface area contributed by atoms with E-state index in [9.17, 15) is 9.59 Å². The third-order valence-corrected chi connectivity index (χ3v) is 3.30. The van der Waals surface area contributed by atoms with Crippen LogP contribution in [0.15, 0.2) is 22.7 Å². The Morgan fingerprint density at radius 2 is 2.05 bits per heavy atom. The van der Waals surface area contributed by atoms with E-state index < -0.39 is 5.97 Å². The van der Waals surface area contributed by atoms with E-state index in [2.05, 4.69) is 21.2 Å². The monoisotopic (exact) mass is 328 g/mol. The van der Waals surface area contributed by atoms with E-state index in [1.165, 1.54) is 6.07 Å². The average Bonchev–Trinajstić information content (AvgIpc) is 2.37. The Kier molecular flexibility index (Phi) is 5.82. The number of rotatable bonds is 5. The van der Waals surface area contributed by atoms with Crippen LogP contribution in [0.4, 0.5) is 10.5 Å². The number of carbonyl (C=O) groups excluding carboxylic acids is 1. The van der Waals surface area contributed by atoms with Crippen LogP contribution in [-0.2, 0) is 0 Å². The number of urea groups is 1. The molecular formula is C13H17BrN2O3. The first kappa shape index (κ1) is 15.5. The summed E-state index contributed by atoms with van der Waals surface area (Å²) in [6.45, 7) is 5.18. The molecule has 1 aromatic rings. The van der Waals surface area contributed by atoms with Crippen molar-refractivity contribution in [1.29, 1.82) is 0 Å². The highest BCUT2D eigenvalue weighted by Crippen LogP contribution is 2.21. The summed E-state index contributed by atoms with van der Waals surface area (Å²) in [4.78, 5) is 24.6. The van der Waals surface area contributed by atoms with Crippen molar-refractivity contribution in [3.05, 3.63) is 28.2 Å². The molecule has 0 saturated carbocycles. The van der Waals surface area contributed by atoms with E-state index in [0.717, 1.165) is 6.42 Å². The summed E-state index contributed by atoms with van der Waals surface area (Å²) >= 11 is 3.16. The van der Waals surface area contributed by atoms with Gasteiger partial charge in [-0.2, -0.15) is 0 Å². The van der Waals surface area contributed by atoms with Crippen molar-refractivity contribution >= 4 is 33.6 Å². The van der Waals surface area contributed by atoms with E-state index in [4.69, 9.17) is 5.11 Å². The average molecular weight is 329 g/mol. The Morgan fingerprint density at radius 1 is 1.37 bits per heavy atom. The van der Waals surface area contributed by atoms with E-state index in [1.807, 2.05) is 13.8 Å². The standard InChI is InChI=1S/C13H17BrN2O3/c1-3-7-16(4-2)13(19)15-9-5-6-11(14)10(8-9)12(17)18/h5-6,8H,3-4,7H2,1-2H3,(H,15,19)(H,17,18). The molecule has 1 aromatic carbocycles. The molecule has 0 aromatic heterocycles. The van der Waals surface area contributed by atoms with Gasteiger partial charge in [-0.1, -0.05) is 6.92 Å². The van der Waals surface area contributed by atoms with E-state index in [-0.39, 0.29) is 11.6 Å². The van der Waals surface area contributed by atoms with Crippen LogP contribution in [0.1, 0.15) is 30.6 Å². The molecule has 0 aliphatic carbocycles. The molecule has 104 valence electrons. The summed E-state index contributed by atoms with van der Waals surface area (Å²) in [5, 5.41) is 11.7. The Labute approximate surface area is 120 Å². The molecule has 19 heavy (non-hydrogen) atoms. The minimum absolute atomic E-state index is 0.122. The van der Waals surface area contributed by atoms with Crippen molar-refractivity contribution in [2.24, 2.45) is 0 Å². The molecule has 5 nitrogen and oxygen atoms in total. The quantitative estimate of drug-likeness (QED) is 0.870. The molecule has 0 aliphatic rings. The third-order valence-electron chi connectivity index (χ3n) is 2.61. The number of aromatic carboxylic acids is 1. The van der Waals surface area contributed by atoms with Crippen molar-refractivity contribution in [2.45, 2.75) is 20.3 Å². The summed E-state index contributed by atoms with van der Waals surface area (Å²) in [5.74, 6) is -1.04. The van der Waals surface area contributed by atoms with Gasteiger partial charge in [0, 0.05) is 23.2 Å². The largest absolute Gasteiger partial charge is 0.478 e. The Balaban J connectivity index is 2.85. The summed E-state index contributed by atoms with van der Waals surface area (Å²) in [5.41, 5.74) is 0.594. The van der Waals surface area contributed by atoms with E-state index >= 15 is 0 Å². The zero-order valence-corrected chi connectivity index (χ0v) is 12.5. The normalized spacial score (nSPS) is 10.1. The SMILES string of the molecule is CCCN(CC)C(=O)Nc1ccc(Br)c(C(=O)O)c1. The van der Waals surface area contributed by atoms with Gasteiger partial charge in [0.05, 0.1) is 5.56 Å². The summed E-state index contributed by atoms with van der Waals surface area (Å²) in [6.07, 6.45) is 0.877. The number of amides is 2. The van der Waals surface area contributed by atoms with Crippen molar-refractivity contribution in [2.75, 3.05) is 18.4 Å². The number of hydrogen-bond donors (Lipinski definition) is 2. The van der Waals surface area contributed by atoms with Gasteiger partial charge < -0.3 is 15.3 Å². The molecule has 0 aliphatic heterocycles. The van der Waals surface area contributed by atoms with Gasteiger partial charge in [0.25, 0.3) is 0 Å². The number of carbonyl (C=O) groups is 2. The van der Waals surface area contributed by atoms with Crippen LogP contribution < -0.4 is 5.32 Å². The van der Waals surface area contributed by atoms with Crippen molar-refractivity contribution in [3.8, 4) is 0 Å². The molecule has 6 heteroatoms. The molecule has 2 N–H and O–H groups in total. The van der Waals surface area contributed by atoms with Crippen LogP contribution in [0.5, 0.6) is 0 Å². The highest BCUT2D eigenvalue weighted by atomic mass is 79.9. The zero-order chi connectivity index (χ0) is 14.4. The van der Waals surface area contributed by atoms with Gasteiger partial charge in [-0.25, -0.2) is 9.59 Å². The molecular weight excluding hydrogens is 312 g/mol. The number of halogens is 1. The second-order valence-electron chi connectivity index (χ2n) is 4.01. The lowest BCUT2D eigenvalue weighted by Crippen LogP contribution is -2.35. The molecule has 0 radical (unpaired) electrons. The lowest BCUT2D eigenvalue weighted by Gasteiger charge is -2.20. The number of nitrogens with one attached hydrogen (secondary N) is 1. The summed E-state index contributed by atoms with van der Waals surface area (Å²) < 4.78 is 0.485. The fraction of sp³-hybridized carbons (Fsp3) is 0.385. The first-order valence-corrected chi connectivity index (χ1v) is 6.87. The minimum Gasteiger partial charge on any atom is -0.478 e. The molecule has 1 rings (SSSR count). The maximum absolute atomic E-state index is 12.0. The van der Waals surface area contributed by atoms with Crippen LogP contribution in [0, 0.1) is 0 Å². The van der Waals surface area contributed by atoms with E-state index in [0.29, 0.717) is 23.2 Å². The fourth-order valence-electron chi connectivity index (χ4n) is 1.64. The van der Waals surface area contributed by atoms with Crippen molar-refractivity contribution in [3.63, 3.8) is 0 Å². The number of anilines is 1. The third kappa shape index (κ3) is 4.24. The summed E-state index contributed by atoms with van der Waals surface area (Å²) in [7, 11) is 0. The van der Waals surface area contributed by atoms with Gasteiger partial charge in [0.15, 0.2) is 0 Å². The second-order valence-corrected chi connectivity index (χ2v) is 4.86. The first-order chi connectivity index (χ1) is 8.99. The van der Waals surface area contributed by atoms with Crippen LogP contribution in [0.3, 0.4) is 0 Å². The number of carboxylic acids is 1. The van der Waals surface area contributed by atoms with Gasteiger partial charge in [-0.15, -0.1) is 0 Å². The minimum atomic E-state index is -1.04. The Bertz CT molecular complexity index is 477. The lowest BCUT2D eigenvalue weighted by atomic mass is 10.2. The van der Waals surface area contributed by atoms with Gasteiger partial charge in [0.1, 0.15) is 0 Å². The smallest absolute Gasteiger partial charge is 0.336 e. The molecule has 2 amide bonds. The first-order valence-electron chi connectivity index (χ1n) is 6.08. The Morgan fingerprint density at radius 3 is 2.58 bits per heavy atom. The molecule has 0 bridgehead atoms. The molecule has 0 unspecified atom stereocenters. The maximum atomic E-state index is 12.0. The Hall–Kier alpha value is -1.56. The number of hydrogen-bond acceptors (Lipinski definition) is 2. The number of nitrogens with zero attached hydrogens (tertiary/aromatic N) is 1. The lowest BCUT2D eigenvalue weighted by molar-refractivity contribution is 0.0696. The second kappa shape index (κ2) is 7.13. The molecule has 0 atom stereocenters. The highest BCUT2D eigenvalue weighted by Gasteiger charge is 2.13. The van der Waals surface area contributed by atoms with Gasteiger partial charge >= 0.3 is 12.0 Å². The van der Waals surface area contributed by atoms with Gasteiger partial charge in [0.2, 0.25) is 0 Å². The molecule has 0 saturated heterocycles. The number of carboxylic acid groups (broad SMARTS) is 1. The molecule has 0 fully saturated rings. The number of benzene rings is 1.